The largest absolute Gasteiger partial charge is 0.454 e. The van der Waals surface area contributed by atoms with Crippen LogP contribution in [-0.4, -0.2) is 11.8 Å². The van der Waals surface area contributed by atoms with Crippen LogP contribution in [0.2, 0.25) is 0 Å². The number of nitrogens with two attached hydrogens (primary N) is 1. The van der Waals surface area contributed by atoms with E-state index in [1.807, 2.05) is 6.07 Å². The summed E-state index contributed by atoms with van der Waals surface area (Å²) in [6.45, 7) is 0.205. The number of ether oxygens (including phenoxy) is 2. The standard InChI is InChI=1S/C11H7N3O2/c12-3-6-4-14-8-2-10-9(15-5-16-10)1-7(8)11(6)13/h1-2,4H,5H2,(H2,13,14). The summed E-state index contributed by atoms with van der Waals surface area (Å²) in [6, 6.07) is 5.51. The van der Waals surface area contributed by atoms with Crippen LogP contribution in [0, 0.1) is 11.3 Å². The van der Waals surface area contributed by atoms with Crippen LogP contribution >= 0.6 is 0 Å². The quantitative estimate of drug-likeness (QED) is 0.715. The van der Waals surface area contributed by atoms with Crippen molar-refractivity contribution in [3.63, 3.8) is 0 Å². The van der Waals surface area contributed by atoms with Gasteiger partial charge in [-0.15, -0.1) is 0 Å². The Morgan fingerprint density at radius 3 is 2.81 bits per heavy atom. The van der Waals surface area contributed by atoms with Gasteiger partial charge in [-0.3, -0.25) is 4.98 Å². The third kappa shape index (κ3) is 1.07. The Labute approximate surface area is 91.0 Å². The van der Waals surface area contributed by atoms with Crippen molar-refractivity contribution >= 4 is 16.6 Å². The zero-order chi connectivity index (χ0) is 11.1. The van der Waals surface area contributed by atoms with Gasteiger partial charge in [0.25, 0.3) is 0 Å². The minimum atomic E-state index is 0.205. The third-order valence-corrected chi connectivity index (χ3v) is 2.52. The van der Waals surface area contributed by atoms with E-state index in [-0.39, 0.29) is 6.79 Å². The lowest BCUT2D eigenvalue weighted by atomic mass is 10.1. The van der Waals surface area contributed by atoms with Crippen molar-refractivity contribution in [2.75, 3.05) is 12.5 Å². The summed E-state index contributed by atoms with van der Waals surface area (Å²) in [5, 5.41) is 9.56. The monoisotopic (exact) mass is 213 g/mol. The van der Waals surface area contributed by atoms with Crippen LogP contribution in [0.5, 0.6) is 11.5 Å². The number of aromatic nitrogens is 1. The van der Waals surface area contributed by atoms with E-state index in [2.05, 4.69) is 4.98 Å². The summed E-state index contributed by atoms with van der Waals surface area (Å²) in [5.41, 5.74) is 7.35. The van der Waals surface area contributed by atoms with E-state index in [1.165, 1.54) is 6.20 Å². The summed E-state index contributed by atoms with van der Waals surface area (Å²) in [7, 11) is 0. The van der Waals surface area contributed by atoms with Gasteiger partial charge >= 0.3 is 0 Å². The maximum absolute atomic E-state index is 8.85. The summed E-state index contributed by atoms with van der Waals surface area (Å²) >= 11 is 0. The molecule has 1 aromatic carbocycles. The molecule has 3 rings (SSSR count). The summed E-state index contributed by atoms with van der Waals surface area (Å²) in [5.74, 6) is 1.29. The molecule has 0 atom stereocenters. The molecule has 0 aliphatic carbocycles. The molecule has 2 aromatic rings. The first kappa shape index (κ1) is 8.80. The Hall–Kier alpha value is -2.48. The van der Waals surface area contributed by atoms with E-state index in [9.17, 15) is 0 Å². The van der Waals surface area contributed by atoms with Gasteiger partial charge in [-0.05, 0) is 6.07 Å². The van der Waals surface area contributed by atoms with Crippen LogP contribution in [0.4, 0.5) is 5.69 Å². The first-order chi connectivity index (χ1) is 7.79. The van der Waals surface area contributed by atoms with Gasteiger partial charge in [0.1, 0.15) is 6.07 Å². The Balaban J connectivity index is 2.37. The lowest BCUT2D eigenvalue weighted by molar-refractivity contribution is 0.174. The average molecular weight is 213 g/mol. The maximum Gasteiger partial charge on any atom is 0.231 e. The van der Waals surface area contributed by atoms with Crippen molar-refractivity contribution in [2.24, 2.45) is 0 Å². The number of pyridine rings is 1. The highest BCUT2D eigenvalue weighted by atomic mass is 16.7. The molecule has 5 heteroatoms. The first-order valence-corrected chi connectivity index (χ1v) is 4.67. The zero-order valence-electron chi connectivity index (χ0n) is 8.23. The van der Waals surface area contributed by atoms with Gasteiger partial charge in [0.2, 0.25) is 6.79 Å². The molecule has 5 nitrogen and oxygen atoms in total. The number of nitriles is 1. The Kier molecular flexibility index (Phi) is 1.65. The maximum atomic E-state index is 8.85. The predicted octanol–water partition coefficient (Wildman–Crippen LogP) is 1.42. The fourth-order valence-corrected chi connectivity index (χ4v) is 1.69. The Morgan fingerprint density at radius 1 is 1.31 bits per heavy atom. The van der Waals surface area contributed by atoms with E-state index in [0.717, 1.165) is 0 Å². The van der Waals surface area contributed by atoms with E-state index in [1.54, 1.807) is 12.1 Å². The molecule has 0 fully saturated rings. The summed E-state index contributed by atoms with van der Waals surface area (Å²) < 4.78 is 10.5. The number of fused-ring (bicyclic) bond motifs is 2. The molecule has 0 bridgehead atoms. The second-order valence-corrected chi connectivity index (χ2v) is 3.42. The van der Waals surface area contributed by atoms with Gasteiger partial charge in [-0.2, -0.15) is 5.26 Å². The zero-order valence-corrected chi connectivity index (χ0v) is 8.23. The van der Waals surface area contributed by atoms with Crippen molar-refractivity contribution < 1.29 is 9.47 Å². The van der Waals surface area contributed by atoms with Gasteiger partial charge in [0.15, 0.2) is 11.5 Å². The lowest BCUT2D eigenvalue weighted by Gasteiger charge is -2.04. The molecule has 0 radical (unpaired) electrons. The number of benzene rings is 1. The van der Waals surface area contributed by atoms with E-state index < -0.39 is 0 Å². The smallest absolute Gasteiger partial charge is 0.231 e. The SMILES string of the molecule is N#Cc1cnc2cc3c(cc2c1N)OCO3. The molecule has 16 heavy (non-hydrogen) atoms. The number of hydrogen-bond acceptors (Lipinski definition) is 5. The van der Waals surface area contributed by atoms with E-state index >= 15 is 0 Å². The molecular weight excluding hydrogens is 206 g/mol. The molecule has 1 aliphatic rings. The van der Waals surface area contributed by atoms with Crippen LogP contribution < -0.4 is 15.2 Å². The van der Waals surface area contributed by atoms with Crippen molar-refractivity contribution in [3.8, 4) is 17.6 Å². The number of anilines is 1. The van der Waals surface area contributed by atoms with Crippen LogP contribution in [0.25, 0.3) is 10.9 Å². The van der Waals surface area contributed by atoms with Crippen LogP contribution in [0.15, 0.2) is 18.3 Å². The summed E-state index contributed by atoms with van der Waals surface area (Å²) in [4.78, 5) is 4.15. The van der Waals surface area contributed by atoms with Crippen molar-refractivity contribution in [1.82, 2.24) is 4.98 Å². The van der Waals surface area contributed by atoms with Crippen molar-refractivity contribution in [2.45, 2.75) is 0 Å². The number of nitrogen functional groups attached to an aromatic ring is 1. The average Bonchev–Trinajstić information content (AvgIpc) is 2.74. The van der Waals surface area contributed by atoms with Gasteiger partial charge in [0, 0.05) is 17.6 Å². The normalized spacial score (nSPS) is 12.7. The molecule has 0 spiro atoms. The molecule has 0 saturated carbocycles. The summed E-state index contributed by atoms with van der Waals surface area (Å²) in [6.07, 6.45) is 1.46. The molecule has 0 unspecified atom stereocenters. The van der Waals surface area contributed by atoms with Crippen LogP contribution in [-0.2, 0) is 0 Å². The fourth-order valence-electron chi connectivity index (χ4n) is 1.69. The van der Waals surface area contributed by atoms with Gasteiger partial charge in [-0.1, -0.05) is 0 Å². The van der Waals surface area contributed by atoms with Gasteiger partial charge in [-0.25, -0.2) is 0 Å². The Bertz CT molecular complexity index is 631. The molecule has 0 saturated heterocycles. The van der Waals surface area contributed by atoms with Gasteiger partial charge in [0.05, 0.1) is 16.8 Å². The number of rotatable bonds is 0. The number of hydrogen-bond donors (Lipinski definition) is 1. The van der Waals surface area contributed by atoms with Gasteiger partial charge < -0.3 is 15.2 Å². The molecule has 0 amide bonds. The minimum absolute atomic E-state index is 0.205. The topological polar surface area (TPSA) is 81.2 Å². The fraction of sp³-hybridized carbons (Fsp3) is 0.0909. The highest BCUT2D eigenvalue weighted by Gasteiger charge is 2.16. The van der Waals surface area contributed by atoms with E-state index in [0.29, 0.717) is 33.7 Å². The molecular formula is C11H7N3O2. The predicted molar refractivity (Wildman–Crippen MR) is 57.0 cm³/mol. The second kappa shape index (κ2) is 3.00. The molecule has 1 aromatic heterocycles. The highest BCUT2D eigenvalue weighted by Crippen LogP contribution is 2.37. The lowest BCUT2D eigenvalue weighted by Crippen LogP contribution is -1.94. The van der Waals surface area contributed by atoms with E-state index in [4.69, 9.17) is 20.5 Å². The second-order valence-electron chi connectivity index (χ2n) is 3.42. The highest BCUT2D eigenvalue weighted by molar-refractivity contribution is 5.94. The number of nitrogens with zero attached hydrogens (tertiary/aromatic N) is 2. The Morgan fingerprint density at radius 2 is 2.06 bits per heavy atom. The molecule has 1 aliphatic heterocycles. The first-order valence-electron chi connectivity index (χ1n) is 4.67. The van der Waals surface area contributed by atoms with Crippen LogP contribution in [0.3, 0.4) is 0 Å². The molecule has 2 N–H and O–H groups in total. The molecule has 2 heterocycles. The third-order valence-electron chi connectivity index (χ3n) is 2.52. The van der Waals surface area contributed by atoms with Crippen LogP contribution in [0.1, 0.15) is 5.56 Å². The molecule has 78 valence electrons. The minimum Gasteiger partial charge on any atom is -0.454 e. The van der Waals surface area contributed by atoms with Crippen molar-refractivity contribution in [3.05, 3.63) is 23.9 Å². The van der Waals surface area contributed by atoms with Crippen molar-refractivity contribution in [1.29, 1.82) is 5.26 Å².